The minimum atomic E-state index is -0.0795. The molecule has 0 saturated carbocycles. The van der Waals surface area contributed by atoms with Crippen molar-refractivity contribution in [3.05, 3.63) is 59.1 Å². The summed E-state index contributed by atoms with van der Waals surface area (Å²) in [5.74, 6) is 1.07. The lowest BCUT2D eigenvalue weighted by molar-refractivity contribution is 0.0963. The van der Waals surface area contributed by atoms with Crippen molar-refractivity contribution < 1.29 is 4.74 Å². The number of pyridine rings is 1. The molecule has 0 N–H and O–H groups in total. The molecule has 0 spiro atoms. The Labute approximate surface area is 148 Å². The Balaban J connectivity index is 1.62. The maximum Gasteiger partial charge on any atom is 0.261 e. The summed E-state index contributed by atoms with van der Waals surface area (Å²) in [7, 11) is 0. The van der Waals surface area contributed by atoms with Gasteiger partial charge in [-0.3, -0.25) is 4.79 Å². The molecule has 1 aromatic carbocycles. The molecular formula is C19H17N5O2. The minimum Gasteiger partial charge on any atom is -0.376 e. The largest absolute Gasteiger partial charge is 0.376 e. The average molecular weight is 347 g/mol. The summed E-state index contributed by atoms with van der Waals surface area (Å²) in [6.07, 6.45) is 5.54. The van der Waals surface area contributed by atoms with Crippen LogP contribution in [-0.2, 0) is 11.3 Å². The van der Waals surface area contributed by atoms with Crippen LogP contribution in [0, 0.1) is 0 Å². The molecular weight excluding hydrogens is 330 g/mol. The molecule has 1 aliphatic heterocycles. The predicted octanol–water partition coefficient (Wildman–Crippen LogP) is 2.29. The molecule has 7 nitrogen and oxygen atoms in total. The average Bonchev–Trinajstić information content (AvgIpc) is 3.34. The first-order valence-corrected chi connectivity index (χ1v) is 8.71. The van der Waals surface area contributed by atoms with Crippen LogP contribution in [0.5, 0.6) is 0 Å². The third kappa shape index (κ3) is 2.48. The van der Waals surface area contributed by atoms with Crippen LogP contribution >= 0.6 is 0 Å². The number of benzene rings is 1. The molecule has 1 fully saturated rings. The Morgan fingerprint density at radius 1 is 1.19 bits per heavy atom. The lowest BCUT2D eigenvalue weighted by atomic mass is 10.2. The summed E-state index contributed by atoms with van der Waals surface area (Å²) in [4.78, 5) is 21.7. The number of aromatic nitrogens is 5. The lowest BCUT2D eigenvalue weighted by Crippen LogP contribution is -2.26. The smallest absolute Gasteiger partial charge is 0.261 e. The minimum absolute atomic E-state index is 0.0795. The normalized spacial score (nSPS) is 17.3. The van der Waals surface area contributed by atoms with Gasteiger partial charge >= 0.3 is 0 Å². The fraction of sp³-hybridized carbons (Fsp3) is 0.263. The van der Waals surface area contributed by atoms with Crippen molar-refractivity contribution in [3.8, 4) is 11.4 Å². The molecule has 4 aromatic rings. The lowest BCUT2D eigenvalue weighted by Gasteiger charge is -2.12. The number of fused-ring (bicyclic) bond motifs is 3. The van der Waals surface area contributed by atoms with Crippen molar-refractivity contribution in [2.45, 2.75) is 25.5 Å². The Morgan fingerprint density at radius 3 is 2.88 bits per heavy atom. The van der Waals surface area contributed by atoms with Crippen molar-refractivity contribution in [1.82, 2.24) is 24.1 Å². The highest BCUT2D eigenvalue weighted by Gasteiger charge is 2.18. The maximum atomic E-state index is 12.8. The molecule has 1 saturated heterocycles. The van der Waals surface area contributed by atoms with Crippen molar-refractivity contribution in [1.29, 1.82) is 0 Å². The predicted molar refractivity (Wildman–Crippen MR) is 97.0 cm³/mol. The summed E-state index contributed by atoms with van der Waals surface area (Å²) in [6.45, 7) is 1.34. The van der Waals surface area contributed by atoms with Gasteiger partial charge in [-0.15, -0.1) is 5.10 Å². The van der Waals surface area contributed by atoms with Crippen LogP contribution in [-0.4, -0.2) is 36.9 Å². The molecule has 0 radical (unpaired) electrons. The second kappa shape index (κ2) is 6.03. The number of rotatable bonds is 3. The Morgan fingerprint density at radius 2 is 2.08 bits per heavy atom. The van der Waals surface area contributed by atoms with Gasteiger partial charge in [-0.2, -0.15) is 9.50 Å². The van der Waals surface area contributed by atoms with E-state index in [9.17, 15) is 4.79 Å². The zero-order valence-electron chi connectivity index (χ0n) is 14.1. The second-order valence-corrected chi connectivity index (χ2v) is 6.48. The van der Waals surface area contributed by atoms with E-state index in [1.807, 2.05) is 36.4 Å². The molecule has 4 heterocycles. The molecule has 1 aliphatic rings. The van der Waals surface area contributed by atoms with Gasteiger partial charge in [0.2, 0.25) is 0 Å². The number of ether oxygens (including phenoxy) is 1. The van der Waals surface area contributed by atoms with Crippen LogP contribution in [0.4, 0.5) is 0 Å². The summed E-state index contributed by atoms with van der Waals surface area (Å²) in [6, 6.07) is 11.6. The first-order valence-electron chi connectivity index (χ1n) is 8.71. The zero-order chi connectivity index (χ0) is 17.5. The van der Waals surface area contributed by atoms with Crippen LogP contribution in [0.3, 0.4) is 0 Å². The molecule has 1 atom stereocenters. The van der Waals surface area contributed by atoms with E-state index in [0.29, 0.717) is 29.0 Å². The summed E-state index contributed by atoms with van der Waals surface area (Å²) >= 11 is 0. The van der Waals surface area contributed by atoms with Crippen LogP contribution in [0.1, 0.15) is 12.8 Å². The van der Waals surface area contributed by atoms with E-state index in [4.69, 9.17) is 4.74 Å². The molecule has 130 valence electrons. The van der Waals surface area contributed by atoms with Crippen LogP contribution < -0.4 is 5.56 Å². The highest BCUT2D eigenvalue weighted by Crippen LogP contribution is 2.18. The van der Waals surface area contributed by atoms with Crippen molar-refractivity contribution in [2.75, 3.05) is 6.61 Å². The van der Waals surface area contributed by atoms with Gasteiger partial charge < -0.3 is 9.30 Å². The molecule has 7 heteroatoms. The van der Waals surface area contributed by atoms with Crippen molar-refractivity contribution >= 4 is 16.7 Å². The molecule has 26 heavy (non-hydrogen) atoms. The molecule has 0 aliphatic carbocycles. The van der Waals surface area contributed by atoms with Gasteiger partial charge in [-0.05, 0) is 18.9 Å². The van der Waals surface area contributed by atoms with E-state index in [1.54, 1.807) is 21.5 Å². The van der Waals surface area contributed by atoms with E-state index in [1.165, 1.54) is 0 Å². The standard InChI is InChI=1S/C19H17N5O2/c25-18-15-11-20-19-21-17(13-5-2-1-3-6-13)22-24(19)16(15)8-9-23(18)12-14-7-4-10-26-14/h1-3,5-6,8-9,11,14H,4,7,10,12H2/t14-/m0/s1. The Hall–Kier alpha value is -3.06. The SMILES string of the molecule is O=c1c2cnc3nc(-c4ccccc4)nn3c2ccn1C[C@@H]1CCCO1. The van der Waals surface area contributed by atoms with Gasteiger partial charge in [0.15, 0.2) is 5.82 Å². The van der Waals surface area contributed by atoms with Gasteiger partial charge in [0.25, 0.3) is 11.3 Å². The third-order valence-corrected chi connectivity index (χ3v) is 4.76. The summed E-state index contributed by atoms with van der Waals surface area (Å²) < 4.78 is 8.97. The third-order valence-electron chi connectivity index (χ3n) is 4.76. The highest BCUT2D eigenvalue weighted by atomic mass is 16.5. The molecule has 0 unspecified atom stereocenters. The quantitative estimate of drug-likeness (QED) is 0.568. The first kappa shape index (κ1) is 15.2. The molecule has 0 bridgehead atoms. The number of hydrogen-bond acceptors (Lipinski definition) is 5. The van der Waals surface area contributed by atoms with Crippen LogP contribution in [0.25, 0.3) is 28.1 Å². The van der Waals surface area contributed by atoms with Gasteiger partial charge in [0, 0.05) is 24.6 Å². The monoisotopic (exact) mass is 347 g/mol. The fourth-order valence-corrected chi connectivity index (χ4v) is 3.42. The highest BCUT2D eigenvalue weighted by molar-refractivity contribution is 5.79. The van der Waals surface area contributed by atoms with E-state index < -0.39 is 0 Å². The van der Waals surface area contributed by atoms with Crippen LogP contribution in [0.2, 0.25) is 0 Å². The zero-order valence-corrected chi connectivity index (χ0v) is 14.1. The van der Waals surface area contributed by atoms with Gasteiger partial charge in [0.05, 0.1) is 23.6 Å². The maximum absolute atomic E-state index is 12.8. The Kier molecular flexibility index (Phi) is 3.53. The van der Waals surface area contributed by atoms with Crippen LogP contribution in [0.15, 0.2) is 53.6 Å². The van der Waals surface area contributed by atoms with E-state index >= 15 is 0 Å². The topological polar surface area (TPSA) is 74.3 Å². The summed E-state index contributed by atoms with van der Waals surface area (Å²) in [5.41, 5.74) is 1.54. The fourth-order valence-electron chi connectivity index (χ4n) is 3.42. The number of nitrogens with zero attached hydrogens (tertiary/aromatic N) is 5. The van der Waals surface area contributed by atoms with Gasteiger partial charge in [-0.1, -0.05) is 30.3 Å². The summed E-state index contributed by atoms with van der Waals surface area (Å²) in [5, 5.41) is 5.09. The Bertz CT molecular complexity index is 1140. The molecule has 0 amide bonds. The van der Waals surface area contributed by atoms with Gasteiger partial charge in [-0.25, -0.2) is 4.98 Å². The first-order chi connectivity index (χ1) is 12.8. The van der Waals surface area contributed by atoms with Crippen molar-refractivity contribution in [2.24, 2.45) is 0 Å². The molecule has 5 rings (SSSR count). The van der Waals surface area contributed by atoms with E-state index in [2.05, 4.69) is 15.1 Å². The van der Waals surface area contributed by atoms with Crippen molar-refractivity contribution in [3.63, 3.8) is 0 Å². The van der Waals surface area contributed by atoms with Gasteiger partial charge in [0.1, 0.15) is 0 Å². The van der Waals surface area contributed by atoms with E-state index in [-0.39, 0.29) is 11.7 Å². The number of hydrogen-bond donors (Lipinski definition) is 0. The second-order valence-electron chi connectivity index (χ2n) is 6.48. The molecule has 3 aromatic heterocycles. The van der Waals surface area contributed by atoms with E-state index in [0.717, 1.165) is 25.0 Å².